The molecule has 3 heterocycles. The molecule has 4 aromatic rings. The van der Waals surface area contributed by atoms with Gasteiger partial charge in [-0.2, -0.15) is 5.09 Å². The van der Waals surface area contributed by atoms with Crippen LogP contribution in [0.5, 0.6) is 5.75 Å². The van der Waals surface area contributed by atoms with E-state index in [4.69, 9.17) is 24.9 Å². The second kappa shape index (κ2) is 13.1. The lowest BCUT2D eigenvalue weighted by molar-refractivity contribution is -0.149. The Balaban J connectivity index is 1.29. The number of imidazole rings is 1. The van der Waals surface area contributed by atoms with Gasteiger partial charge in [-0.05, 0) is 52.0 Å². The van der Waals surface area contributed by atoms with E-state index in [2.05, 4.69) is 20.0 Å². The van der Waals surface area contributed by atoms with Gasteiger partial charge >= 0.3 is 13.7 Å². The first-order valence-electron chi connectivity index (χ1n) is 15.7. The molecule has 1 saturated heterocycles. The van der Waals surface area contributed by atoms with Crippen LogP contribution >= 0.6 is 7.75 Å². The Labute approximate surface area is 277 Å². The lowest BCUT2D eigenvalue weighted by Crippen LogP contribution is -2.42. The van der Waals surface area contributed by atoms with E-state index in [1.54, 1.807) is 45.0 Å². The number of alkyl halides is 1. The smallest absolute Gasteiger partial charge is 0.459 e. The van der Waals surface area contributed by atoms with Crippen molar-refractivity contribution in [3.8, 4) is 18.1 Å². The zero-order valence-corrected chi connectivity index (χ0v) is 28.1. The quantitative estimate of drug-likeness (QED) is 0.122. The fourth-order valence-corrected chi connectivity index (χ4v) is 7.18. The number of hydrogen-bond donors (Lipinski definition) is 2. The maximum Gasteiger partial charge on any atom is 0.459 e. The van der Waals surface area contributed by atoms with Crippen molar-refractivity contribution in [2.24, 2.45) is 0 Å². The van der Waals surface area contributed by atoms with E-state index in [-0.39, 0.29) is 11.4 Å². The lowest BCUT2D eigenvalue weighted by atomic mass is 9.97. The molecule has 1 saturated carbocycles. The van der Waals surface area contributed by atoms with E-state index in [1.165, 1.54) is 17.8 Å². The second-order valence-corrected chi connectivity index (χ2v) is 14.0. The molecule has 1 aliphatic heterocycles. The normalized spacial score (nSPS) is 24.4. The maximum absolute atomic E-state index is 16.6. The maximum atomic E-state index is 16.6. The van der Waals surface area contributed by atoms with Crippen molar-refractivity contribution in [1.29, 1.82) is 0 Å². The fourth-order valence-electron chi connectivity index (χ4n) is 5.66. The Morgan fingerprint density at radius 3 is 2.69 bits per heavy atom. The van der Waals surface area contributed by atoms with Gasteiger partial charge in [0, 0.05) is 18.5 Å². The molecule has 2 aromatic carbocycles. The number of anilines is 1. The average Bonchev–Trinajstić information content (AvgIpc) is 3.78. The van der Waals surface area contributed by atoms with Crippen molar-refractivity contribution in [3.63, 3.8) is 0 Å². The molecular weight excluding hydrogens is 642 g/mol. The van der Waals surface area contributed by atoms with Crippen LogP contribution in [-0.2, 0) is 23.4 Å². The molecule has 0 unspecified atom stereocenters. The summed E-state index contributed by atoms with van der Waals surface area (Å²) in [6, 6.07) is 11.6. The molecule has 0 radical (unpaired) electrons. The van der Waals surface area contributed by atoms with Gasteiger partial charge in [0.05, 0.1) is 19.0 Å². The molecule has 2 N–H and O–H groups in total. The summed E-state index contributed by atoms with van der Waals surface area (Å²) < 4.78 is 55.2. The SMILES string of the molecule is C#C[C@@]1(F)[C@H](O)[C@@H](CO[P@@](=O)(N[C@H](C)C(=O)OC(C)C)Oc2cccc3ccccc23)O[C@H]1n1cnc2c(N(C)C3CC3)nc(C)nc21. The minimum Gasteiger partial charge on any atom is -0.462 e. The fraction of sp³-hybridized carbons (Fsp3) is 0.455. The van der Waals surface area contributed by atoms with Crippen LogP contribution in [0.4, 0.5) is 10.2 Å². The summed E-state index contributed by atoms with van der Waals surface area (Å²) in [6.07, 6.45) is 3.70. The monoisotopic (exact) mass is 680 g/mol. The van der Waals surface area contributed by atoms with Gasteiger partial charge in [-0.1, -0.05) is 42.3 Å². The van der Waals surface area contributed by atoms with Gasteiger partial charge in [0.2, 0.25) is 5.67 Å². The summed E-state index contributed by atoms with van der Waals surface area (Å²) in [5.74, 6) is 2.57. The number of halogens is 1. The number of aromatic nitrogens is 4. The van der Waals surface area contributed by atoms with Crippen LogP contribution in [0.2, 0.25) is 0 Å². The highest BCUT2D eigenvalue weighted by atomic mass is 31.2. The Bertz CT molecular complexity index is 1920. The number of nitrogens with zero attached hydrogens (tertiary/aromatic N) is 5. The van der Waals surface area contributed by atoms with E-state index in [9.17, 15) is 14.5 Å². The zero-order chi connectivity index (χ0) is 34.4. The molecule has 1 aliphatic carbocycles. The molecule has 2 aromatic heterocycles. The van der Waals surface area contributed by atoms with Gasteiger partial charge in [-0.3, -0.25) is 13.9 Å². The van der Waals surface area contributed by atoms with Crippen molar-refractivity contribution in [3.05, 3.63) is 54.6 Å². The first-order valence-corrected chi connectivity index (χ1v) is 17.2. The average molecular weight is 681 g/mol. The number of ether oxygens (including phenoxy) is 2. The Morgan fingerprint density at radius 2 is 1.98 bits per heavy atom. The standard InChI is InChI=1S/C33H38FN6O7P/c1-7-33(34)28(41)26(46-32(33)40-18-35-27-29(39(6)23-15-16-23)36-21(5)37-30(27)40)17-44-48(43,38-20(4)31(42)45-19(2)3)47-25-14-10-12-22-11-8-9-13-24(22)25/h1,8-14,18-20,23,26,28,32,41H,15-17H2,2-6H3,(H,38,43)/t20-,26-,28-,32-,33-,48+/m1/s1. The van der Waals surface area contributed by atoms with Gasteiger partial charge in [0.15, 0.2) is 23.2 Å². The Kier molecular flexibility index (Phi) is 9.19. The molecule has 6 atom stereocenters. The predicted molar refractivity (Wildman–Crippen MR) is 176 cm³/mol. The number of nitrogens with one attached hydrogen (secondary N) is 1. The van der Waals surface area contributed by atoms with E-state index in [0.29, 0.717) is 28.6 Å². The van der Waals surface area contributed by atoms with E-state index >= 15 is 4.39 Å². The zero-order valence-electron chi connectivity index (χ0n) is 27.2. The molecule has 15 heteroatoms. The largest absolute Gasteiger partial charge is 0.462 e. The molecule has 6 rings (SSSR count). The van der Waals surface area contributed by atoms with Crippen LogP contribution in [0.15, 0.2) is 48.8 Å². The van der Waals surface area contributed by atoms with Crippen LogP contribution in [0, 0.1) is 19.3 Å². The molecule has 254 valence electrons. The highest BCUT2D eigenvalue weighted by molar-refractivity contribution is 7.52. The van der Waals surface area contributed by atoms with E-state index in [1.807, 2.05) is 36.1 Å². The van der Waals surface area contributed by atoms with Crippen LogP contribution in [0.25, 0.3) is 21.9 Å². The van der Waals surface area contributed by atoms with Gasteiger partial charge in [-0.25, -0.2) is 23.9 Å². The third-order valence-electron chi connectivity index (χ3n) is 8.30. The number of fused-ring (bicyclic) bond motifs is 2. The molecule has 2 aliphatic rings. The van der Waals surface area contributed by atoms with Gasteiger partial charge in [0.25, 0.3) is 0 Å². The number of benzene rings is 2. The van der Waals surface area contributed by atoms with E-state index in [0.717, 1.165) is 18.2 Å². The minimum atomic E-state index is -4.44. The number of hydrogen-bond acceptors (Lipinski definition) is 11. The summed E-state index contributed by atoms with van der Waals surface area (Å²) in [7, 11) is -2.52. The van der Waals surface area contributed by atoms with Crippen molar-refractivity contribution >= 4 is 41.5 Å². The van der Waals surface area contributed by atoms with Gasteiger partial charge in [-0.15, -0.1) is 6.42 Å². The minimum absolute atomic E-state index is 0.203. The molecule has 0 amide bonds. The molecule has 0 bridgehead atoms. The van der Waals surface area contributed by atoms with Crippen LogP contribution in [0.1, 0.15) is 45.7 Å². The van der Waals surface area contributed by atoms with Crippen molar-refractivity contribution in [2.45, 2.75) is 82.8 Å². The summed E-state index contributed by atoms with van der Waals surface area (Å²) in [4.78, 5) is 28.2. The third kappa shape index (κ3) is 6.49. The number of esters is 1. The first kappa shape index (κ1) is 33.8. The topological polar surface area (TPSA) is 150 Å². The number of aliphatic hydroxyl groups is 1. The Morgan fingerprint density at radius 1 is 1.25 bits per heavy atom. The number of aliphatic hydroxyl groups excluding tert-OH is 1. The van der Waals surface area contributed by atoms with Gasteiger partial charge in [0.1, 0.15) is 29.8 Å². The number of carbonyl (C=O) groups is 1. The van der Waals surface area contributed by atoms with E-state index < -0.39 is 56.6 Å². The van der Waals surface area contributed by atoms with Crippen molar-refractivity contribution in [2.75, 3.05) is 18.6 Å². The summed E-state index contributed by atoms with van der Waals surface area (Å²) in [5.41, 5.74) is -2.07. The highest BCUT2D eigenvalue weighted by Crippen LogP contribution is 2.49. The Hall–Kier alpha value is -4.12. The number of carbonyl (C=O) groups excluding carboxylic acids is 1. The van der Waals surface area contributed by atoms with Crippen molar-refractivity contribution < 1.29 is 37.4 Å². The molecule has 2 fully saturated rings. The molecular formula is C33H38FN6O7P. The molecule has 0 spiro atoms. The summed E-state index contributed by atoms with van der Waals surface area (Å²) >= 11 is 0. The summed E-state index contributed by atoms with van der Waals surface area (Å²) in [5, 5.41) is 15.3. The molecule has 13 nitrogen and oxygen atoms in total. The number of terminal acetylenes is 1. The number of rotatable bonds is 12. The second-order valence-electron chi connectivity index (χ2n) is 12.3. The number of aryl methyl sites for hydroxylation is 1. The van der Waals surface area contributed by atoms with Crippen LogP contribution < -0.4 is 14.5 Å². The molecule has 48 heavy (non-hydrogen) atoms. The van der Waals surface area contributed by atoms with Gasteiger partial charge < -0.3 is 24.0 Å². The highest BCUT2D eigenvalue weighted by Gasteiger charge is 2.58. The first-order chi connectivity index (χ1) is 22.8. The third-order valence-corrected chi connectivity index (χ3v) is 9.93. The predicted octanol–water partition coefficient (Wildman–Crippen LogP) is 4.62. The van der Waals surface area contributed by atoms with Crippen LogP contribution in [-0.4, -0.2) is 80.3 Å². The summed E-state index contributed by atoms with van der Waals surface area (Å²) in [6.45, 7) is 5.88. The van der Waals surface area contributed by atoms with Crippen LogP contribution in [0.3, 0.4) is 0 Å². The van der Waals surface area contributed by atoms with Crippen molar-refractivity contribution in [1.82, 2.24) is 24.6 Å². The lowest BCUT2D eigenvalue weighted by Gasteiger charge is -2.25.